The van der Waals surface area contributed by atoms with Gasteiger partial charge in [-0.1, -0.05) is 6.07 Å². The summed E-state index contributed by atoms with van der Waals surface area (Å²) in [6.07, 6.45) is 1.37. The average Bonchev–Trinajstić information content (AvgIpc) is 3.04. The Balaban J connectivity index is 1.80. The second kappa shape index (κ2) is 8.41. The van der Waals surface area contributed by atoms with Crippen molar-refractivity contribution in [2.45, 2.75) is 18.9 Å². The lowest BCUT2D eigenvalue weighted by molar-refractivity contribution is -0.144. The maximum atomic E-state index is 12.0. The predicted octanol–water partition coefficient (Wildman–Crippen LogP) is 1.34. The lowest BCUT2D eigenvalue weighted by Gasteiger charge is -2.36. The number of anilines is 1. The quantitative estimate of drug-likeness (QED) is 0.564. The van der Waals surface area contributed by atoms with Gasteiger partial charge in [0.1, 0.15) is 6.04 Å². The summed E-state index contributed by atoms with van der Waals surface area (Å²) in [6.45, 7) is 2.99. The van der Waals surface area contributed by atoms with Crippen LogP contribution in [0.25, 0.3) is 10.9 Å². The Morgan fingerprint density at radius 2 is 1.86 bits per heavy atom. The molecule has 1 aromatic heterocycles. The highest BCUT2D eigenvalue weighted by atomic mass is 16.4. The number of H-pyrrole nitrogens is 1. The number of aromatic nitrogens is 1. The molecule has 9 heteroatoms. The SMILES string of the molecule is CN1CCN([C@H](C(=O)O)c2c[nH]c3cc(NC(=O)CCC(=O)O)ccc23)CC1. The Bertz CT molecular complexity index is 886. The van der Waals surface area contributed by atoms with E-state index < -0.39 is 18.0 Å². The number of benzene rings is 1. The van der Waals surface area contributed by atoms with Crippen molar-refractivity contribution in [3.63, 3.8) is 0 Å². The predicted molar refractivity (Wildman–Crippen MR) is 103 cm³/mol. The minimum absolute atomic E-state index is 0.103. The number of amides is 1. The fourth-order valence-corrected chi connectivity index (χ4v) is 3.46. The number of carbonyl (C=O) groups is 3. The first-order valence-electron chi connectivity index (χ1n) is 9.13. The molecule has 0 bridgehead atoms. The Labute approximate surface area is 161 Å². The van der Waals surface area contributed by atoms with Gasteiger partial charge in [0.25, 0.3) is 0 Å². The first-order valence-corrected chi connectivity index (χ1v) is 9.13. The summed E-state index contributed by atoms with van der Waals surface area (Å²) < 4.78 is 0. The minimum Gasteiger partial charge on any atom is -0.481 e. The Kier molecular flexibility index (Phi) is 5.96. The molecule has 1 aromatic carbocycles. The molecule has 150 valence electrons. The van der Waals surface area contributed by atoms with Crippen molar-refractivity contribution in [3.8, 4) is 0 Å². The van der Waals surface area contributed by atoms with Gasteiger partial charge in [-0.3, -0.25) is 19.3 Å². The summed E-state index contributed by atoms with van der Waals surface area (Å²) in [7, 11) is 2.02. The monoisotopic (exact) mass is 388 g/mol. The summed E-state index contributed by atoms with van der Waals surface area (Å²) >= 11 is 0. The van der Waals surface area contributed by atoms with Crippen LogP contribution in [0, 0.1) is 0 Å². The zero-order valence-electron chi connectivity index (χ0n) is 15.6. The third-order valence-electron chi connectivity index (χ3n) is 4.99. The van der Waals surface area contributed by atoms with E-state index in [1.165, 1.54) is 0 Å². The van der Waals surface area contributed by atoms with E-state index in [0.717, 1.165) is 18.5 Å². The van der Waals surface area contributed by atoms with E-state index in [1.807, 2.05) is 11.9 Å². The lowest BCUT2D eigenvalue weighted by Crippen LogP contribution is -2.47. The number of nitrogens with zero attached hydrogens (tertiary/aromatic N) is 2. The van der Waals surface area contributed by atoms with Crippen molar-refractivity contribution in [2.75, 3.05) is 38.5 Å². The van der Waals surface area contributed by atoms with Crippen LogP contribution < -0.4 is 5.32 Å². The molecule has 0 saturated carbocycles. The summed E-state index contributed by atoms with van der Waals surface area (Å²) in [5.74, 6) is -2.30. The molecule has 28 heavy (non-hydrogen) atoms. The summed E-state index contributed by atoms with van der Waals surface area (Å²) in [6, 6.07) is 4.46. The van der Waals surface area contributed by atoms with Crippen LogP contribution in [0.1, 0.15) is 24.4 Å². The van der Waals surface area contributed by atoms with Crippen molar-refractivity contribution >= 4 is 34.4 Å². The number of carbonyl (C=O) groups excluding carboxylic acids is 1. The zero-order chi connectivity index (χ0) is 20.3. The van der Waals surface area contributed by atoms with Gasteiger partial charge in [-0.2, -0.15) is 0 Å². The van der Waals surface area contributed by atoms with E-state index in [2.05, 4.69) is 15.2 Å². The highest BCUT2D eigenvalue weighted by Crippen LogP contribution is 2.31. The molecule has 9 nitrogen and oxygen atoms in total. The Morgan fingerprint density at radius 3 is 2.50 bits per heavy atom. The molecule has 2 aromatic rings. The number of aromatic amines is 1. The second-order valence-corrected chi connectivity index (χ2v) is 7.03. The van der Waals surface area contributed by atoms with Crippen molar-refractivity contribution < 1.29 is 24.6 Å². The number of fused-ring (bicyclic) bond motifs is 1. The number of hydrogen-bond acceptors (Lipinski definition) is 5. The number of piperazine rings is 1. The maximum absolute atomic E-state index is 12.0. The Hall–Kier alpha value is -2.91. The molecule has 2 heterocycles. The summed E-state index contributed by atoms with van der Waals surface area (Å²) in [4.78, 5) is 41.6. The first kappa shape index (κ1) is 19.8. The maximum Gasteiger partial charge on any atom is 0.325 e. The number of carboxylic acid groups (broad SMARTS) is 2. The molecule has 4 N–H and O–H groups in total. The normalized spacial score (nSPS) is 16.8. The second-order valence-electron chi connectivity index (χ2n) is 7.03. The molecule has 3 rings (SSSR count). The molecular formula is C19H24N4O5. The molecule has 1 saturated heterocycles. The zero-order valence-corrected chi connectivity index (χ0v) is 15.6. The van der Waals surface area contributed by atoms with E-state index in [-0.39, 0.29) is 18.7 Å². The molecule has 1 amide bonds. The standard InChI is InChI=1S/C19H24N4O5/c1-22-6-8-23(9-7-22)18(19(27)28)14-11-20-15-10-12(2-3-13(14)15)21-16(24)4-5-17(25)26/h2-3,10-11,18,20H,4-9H2,1H3,(H,21,24)(H,25,26)(H,27,28)/t18-/m0/s1. The minimum atomic E-state index is -1.02. The van der Waals surface area contributed by atoms with E-state index in [9.17, 15) is 19.5 Å². The fraction of sp³-hybridized carbons (Fsp3) is 0.421. The van der Waals surface area contributed by atoms with E-state index in [1.54, 1.807) is 24.4 Å². The molecule has 0 aliphatic carbocycles. The number of carboxylic acids is 2. The van der Waals surface area contributed by atoms with Gasteiger partial charge in [-0.15, -0.1) is 0 Å². The first-order chi connectivity index (χ1) is 13.3. The number of nitrogens with one attached hydrogen (secondary N) is 2. The number of hydrogen-bond donors (Lipinski definition) is 4. The van der Waals surface area contributed by atoms with Gasteiger partial charge in [0.05, 0.1) is 6.42 Å². The van der Waals surface area contributed by atoms with Gasteiger partial charge in [0.2, 0.25) is 5.91 Å². The van der Waals surface area contributed by atoms with Crippen molar-refractivity contribution in [1.82, 2.24) is 14.8 Å². The Morgan fingerprint density at radius 1 is 1.14 bits per heavy atom. The van der Waals surface area contributed by atoms with Gasteiger partial charge >= 0.3 is 11.9 Å². The average molecular weight is 388 g/mol. The van der Waals surface area contributed by atoms with Gasteiger partial charge in [-0.25, -0.2) is 0 Å². The van der Waals surface area contributed by atoms with Gasteiger partial charge in [0, 0.05) is 61.0 Å². The number of rotatable bonds is 7. The summed E-state index contributed by atoms with van der Waals surface area (Å²) in [5, 5.41) is 21.9. The van der Waals surface area contributed by atoms with Gasteiger partial charge in [-0.05, 0) is 19.2 Å². The van der Waals surface area contributed by atoms with Crippen LogP contribution in [0.3, 0.4) is 0 Å². The topological polar surface area (TPSA) is 126 Å². The van der Waals surface area contributed by atoms with Crippen LogP contribution in [0.5, 0.6) is 0 Å². The van der Waals surface area contributed by atoms with Crippen molar-refractivity contribution in [1.29, 1.82) is 0 Å². The van der Waals surface area contributed by atoms with E-state index >= 15 is 0 Å². The van der Waals surface area contributed by atoms with E-state index in [4.69, 9.17) is 5.11 Å². The van der Waals surface area contributed by atoms with Crippen LogP contribution in [0.2, 0.25) is 0 Å². The van der Waals surface area contributed by atoms with Crippen molar-refractivity contribution in [2.24, 2.45) is 0 Å². The molecule has 0 unspecified atom stereocenters. The molecule has 1 atom stereocenters. The van der Waals surface area contributed by atoms with Crippen LogP contribution in [0.15, 0.2) is 24.4 Å². The summed E-state index contributed by atoms with van der Waals surface area (Å²) in [5.41, 5.74) is 1.94. The third kappa shape index (κ3) is 4.49. The van der Waals surface area contributed by atoms with Crippen LogP contribution >= 0.6 is 0 Å². The lowest BCUT2D eigenvalue weighted by atomic mass is 10.0. The molecular weight excluding hydrogens is 364 g/mol. The van der Waals surface area contributed by atoms with Gasteiger partial charge in [0.15, 0.2) is 0 Å². The van der Waals surface area contributed by atoms with Crippen molar-refractivity contribution in [3.05, 3.63) is 30.0 Å². The largest absolute Gasteiger partial charge is 0.481 e. The molecule has 0 spiro atoms. The highest BCUT2D eigenvalue weighted by molar-refractivity contribution is 5.96. The highest BCUT2D eigenvalue weighted by Gasteiger charge is 2.31. The van der Waals surface area contributed by atoms with E-state index in [0.29, 0.717) is 29.9 Å². The van der Waals surface area contributed by atoms with Crippen LogP contribution in [0.4, 0.5) is 5.69 Å². The number of aliphatic carboxylic acids is 2. The molecule has 0 radical (unpaired) electrons. The molecule has 1 aliphatic rings. The fourth-order valence-electron chi connectivity index (χ4n) is 3.46. The molecule has 1 fully saturated rings. The third-order valence-corrected chi connectivity index (χ3v) is 4.99. The van der Waals surface area contributed by atoms with Crippen LogP contribution in [-0.4, -0.2) is 76.1 Å². The smallest absolute Gasteiger partial charge is 0.325 e. The number of likely N-dealkylation sites (N-methyl/N-ethyl adjacent to an activating group) is 1. The van der Waals surface area contributed by atoms with Crippen LogP contribution in [-0.2, 0) is 14.4 Å². The van der Waals surface area contributed by atoms with Gasteiger partial charge < -0.3 is 25.4 Å². The molecule has 1 aliphatic heterocycles.